The Morgan fingerprint density at radius 3 is 3.00 bits per heavy atom. The van der Waals surface area contributed by atoms with Crippen LogP contribution in [0.3, 0.4) is 0 Å². The fourth-order valence-corrected chi connectivity index (χ4v) is 2.91. The summed E-state index contributed by atoms with van der Waals surface area (Å²) in [7, 11) is 0. The van der Waals surface area contributed by atoms with Crippen molar-refractivity contribution in [2.75, 3.05) is 11.9 Å². The van der Waals surface area contributed by atoms with E-state index in [2.05, 4.69) is 33.2 Å². The third-order valence-corrected chi connectivity index (χ3v) is 4.09. The molecule has 5 heteroatoms. The van der Waals surface area contributed by atoms with Crippen molar-refractivity contribution < 1.29 is 0 Å². The number of fused-ring (bicyclic) bond motifs is 1. The third-order valence-electron chi connectivity index (χ3n) is 3.45. The lowest BCUT2D eigenvalue weighted by Gasteiger charge is -2.11. The Bertz CT molecular complexity index is 627. The number of pyridine rings is 1. The molecule has 20 heavy (non-hydrogen) atoms. The second-order valence-corrected chi connectivity index (χ2v) is 5.79. The molecule has 0 amide bonds. The van der Waals surface area contributed by atoms with Crippen molar-refractivity contribution in [3.05, 3.63) is 34.1 Å². The highest BCUT2D eigenvalue weighted by Gasteiger charge is 2.20. The van der Waals surface area contributed by atoms with Crippen molar-refractivity contribution in [3.8, 4) is 11.5 Å². The van der Waals surface area contributed by atoms with Gasteiger partial charge < -0.3 is 5.32 Å². The molecule has 0 aliphatic heterocycles. The van der Waals surface area contributed by atoms with E-state index in [4.69, 9.17) is 9.97 Å². The Morgan fingerprint density at radius 1 is 1.30 bits per heavy atom. The largest absolute Gasteiger partial charge is 0.370 e. The third kappa shape index (κ3) is 2.54. The molecule has 0 radical (unpaired) electrons. The topological polar surface area (TPSA) is 50.7 Å². The van der Waals surface area contributed by atoms with Gasteiger partial charge in [-0.25, -0.2) is 9.97 Å². The van der Waals surface area contributed by atoms with Crippen LogP contribution in [0, 0.1) is 0 Å². The van der Waals surface area contributed by atoms with Crippen LogP contribution in [0.15, 0.2) is 22.8 Å². The molecule has 0 atom stereocenters. The van der Waals surface area contributed by atoms with Gasteiger partial charge in [0.05, 0.1) is 0 Å². The molecule has 0 unspecified atom stereocenters. The average molecular weight is 333 g/mol. The standard InChI is InChI=1S/C15H17BrN4/c1-2-8-18-14-10-5-3-7-12(10)19-15(20-14)13-11(16)6-4-9-17-13/h4,6,9H,2-3,5,7-8H2,1H3,(H,18,19,20). The number of hydrogen-bond donors (Lipinski definition) is 1. The molecule has 2 heterocycles. The van der Waals surface area contributed by atoms with Gasteiger partial charge in [0, 0.05) is 28.5 Å². The Balaban J connectivity index is 2.06. The number of nitrogens with zero attached hydrogens (tertiary/aromatic N) is 3. The SMILES string of the molecule is CCCNc1nc(-c2ncccc2Br)nc2c1CCC2. The number of rotatable bonds is 4. The quantitative estimate of drug-likeness (QED) is 0.929. The highest BCUT2D eigenvalue weighted by molar-refractivity contribution is 9.10. The summed E-state index contributed by atoms with van der Waals surface area (Å²) >= 11 is 3.53. The summed E-state index contributed by atoms with van der Waals surface area (Å²) in [6.45, 7) is 3.09. The van der Waals surface area contributed by atoms with E-state index in [9.17, 15) is 0 Å². The zero-order chi connectivity index (χ0) is 13.9. The van der Waals surface area contributed by atoms with Crippen molar-refractivity contribution in [2.45, 2.75) is 32.6 Å². The molecule has 0 saturated heterocycles. The first kappa shape index (κ1) is 13.5. The smallest absolute Gasteiger partial charge is 0.181 e. The molecule has 0 saturated carbocycles. The summed E-state index contributed by atoms with van der Waals surface area (Å²) in [5, 5.41) is 3.43. The van der Waals surface area contributed by atoms with Crippen LogP contribution in [0.25, 0.3) is 11.5 Å². The molecular formula is C15H17BrN4. The van der Waals surface area contributed by atoms with Crippen LogP contribution in [0.5, 0.6) is 0 Å². The van der Waals surface area contributed by atoms with Gasteiger partial charge in [-0.05, 0) is 53.7 Å². The van der Waals surface area contributed by atoms with Gasteiger partial charge in [-0.15, -0.1) is 0 Å². The summed E-state index contributed by atoms with van der Waals surface area (Å²) in [6.07, 6.45) is 6.13. The van der Waals surface area contributed by atoms with E-state index in [-0.39, 0.29) is 0 Å². The minimum absolute atomic E-state index is 0.705. The number of nitrogens with one attached hydrogen (secondary N) is 1. The zero-order valence-electron chi connectivity index (χ0n) is 11.5. The van der Waals surface area contributed by atoms with Gasteiger partial charge in [0.1, 0.15) is 11.5 Å². The molecule has 2 aromatic heterocycles. The molecule has 104 valence electrons. The molecule has 4 nitrogen and oxygen atoms in total. The van der Waals surface area contributed by atoms with E-state index in [0.717, 1.165) is 48.2 Å². The Hall–Kier alpha value is -1.49. The second kappa shape index (κ2) is 5.87. The predicted octanol–water partition coefficient (Wildman–Crippen LogP) is 3.61. The maximum atomic E-state index is 4.71. The number of aromatic nitrogens is 3. The van der Waals surface area contributed by atoms with Crippen LogP contribution in [-0.4, -0.2) is 21.5 Å². The number of anilines is 1. The summed E-state index contributed by atoms with van der Waals surface area (Å²) in [5.41, 5.74) is 3.27. The van der Waals surface area contributed by atoms with Crippen molar-refractivity contribution in [1.82, 2.24) is 15.0 Å². The lowest BCUT2D eigenvalue weighted by atomic mass is 10.2. The summed E-state index contributed by atoms with van der Waals surface area (Å²) in [5.74, 6) is 1.69. The molecule has 1 aliphatic carbocycles. The van der Waals surface area contributed by atoms with Gasteiger partial charge in [0.15, 0.2) is 5.82 Å². The lowest BCUT2D eigenvalue weighted by Crippen LogP contribution is -2.08. The normalized spacial score (nSPS) is 13.3. The second-order valence-electron chi connectivity index (χ2n) is 4.94. The Labute approximate surface area is 127 Å². The first-order chi connectivity index (χ1) is 9.79. The molecule has 0 spiro atoms. The minimum Gasteiger partial charge on any atom is -0.370 e. The maximum absolute atomic E-state index is 4.71. The van der Waals surface area contributed by atoms with E-state index < -0.39 is 0 Å². The molecule has 1 N–H and O–H groups in total. The highest BCUT2D eigenvalue weighted by atomic mass is 79.9. The van der Waals surface area contributed by atoms with Crippen LogP contribution < -0.4 is 5.32 Å². The van der Waals surface area contributed by atoms with Gasteiger partial charge in [0.25, 0.3) is 0 Å². The van der Waals surface area contributed by atoms with Crippen molar-refractivity contribution in [3.63, 3.8) is 0 Å². The molecule has 3 rings (SSSR count). The van der Waals surface area contributed by atoms with E-state index in [1.54, 1.807) is 6.20 Å². The van der Waals surface area contributed by atoms with Crippen molar-refractivity contribution in [1.29, 1.82) is 0 Å². The highest BCUT2D eigenvalue weighted by Crippen LogP contribution is 2.30. The van der Waals surface area contributed by atoms with Crippen molar-refractivity contribution in [2.24, 2.45) is 0 Å². The number of hydrogen-bond acceptors (Lipinski definition) is 4. The van der Waals surface area contributed by atoms with Crippen LogP contribution in [0.4, 0.5) is 5.82 Å². The first-order valence-electron chi connectivity index (χ1n) is 7.04. The monoisotopic (exact) mass is 332 g/mol. The molecular weight excluding hydrogens is 316 g/mol. The average Bonchev–Trinajstić information content (AvgIpc) is 2.93. The Morgan fingerprint density at radius 2 is 2.20 bits per heavy atom. The van der Waals surface area contributed by atoms with Crippen molar-refractivity contribution >= 4 is 21.7 Å². The molecule has 1 aliphatic rings. The molecule has 0 bridgehead atoms. The minimum atomic E-state index is 0.705. The number of halogens is 1. The molecule has 0 fully saturated rings. The van der Waals surface area contributed by atoms with E-state index in [1.165, 1.54) is 11.3 Å². The van der Waals surface area contributed by atoms with Gasteiger partial charge in [-0.2, -0.15) is 0 Å². The summed E-state index contributed by atoms with van der Waals surface area (Å²) in [4.78, 5) is 13.8. The van der Waals surface area contributed by atoms with Crippen LogP contribution in [0.1, 0.15) is 31.0 Å². The first-order valence-corrected chi connectivity index (χ1v) is 7.83. The lowest BCUT2D eigenvalue weighted by molar-refractivity contribution is 0.899. The number of aryl methyl sites for hydroxylation is 1. The van der Waals surface area contributed by atoms with Crippen LogP contribution in [-0.2, 0) is 12.8 Å². The zero-order valence-corrected chi connectivity index (χ0v) is 13.1. The van der Waals surface area contributed by atoms with Gasteiger partial charge in [-0.3, -0.25) is 4.98 Å². The van der Waals surface area contributed by atoms with Crippen LogP contribution >= 0.6 is 15.9 Å². The maximum Gasteiger partial charge on any atom is 0.181 e. The fourth-order valence-electron chi connectivity index (χ4n) is 2.48. The van der Waals surface area contributed by atoms with E-state index in [0.29, 0.717) is 5.82 Å². The molecule has 0 aromatic carbocycles. The van der Waals surface area contributed by atoms with Gasteiger partial charge >= 0.3 is 0 Å². The van der Waals surface area contributed by atoms with Crippen LogP contribution in [0.2, 0.25) is 0 Å². The summed E-state index contributed by atoms with van der Waals surface area (Å²) in [6, 6.07) is 3.87. The fraction of sp³-hybridized carbons (Fsp3) is 0.400. The van der Waals surface area contributed by atoms with Gasteiger partial charge in [0.2, 0.25) is 0 Å². The van der Waals surface area contributed by atoms with Gasteiger partial charge in [-0.1, -0.05) is 6.92 Å². The molecule has 2 aromatic rings. The predicted molar refractivity (Wildman–Crippen MR) is 83.8 cm³/mol. The van der Waals surface area contributed by atoms with E-state index in [1.807, 2.05) is 12.1 Å². The van der Waals surface area contributed by atoms with E-state index >= 15 is 0 Å². The Kier molecular flexibility index (Phi) is 3.96. The summed E-state index contributed by atoms with van der Waals surface area (Å²) < 4.78 is 0.930.